The van der Waals surface area contributed by atoms with E-state index in [9.17, 15) is 9.18 Å². The van der Waals surface area contributed by atoms with Gasteiger partial charge in [-0.05, 0) is 25.0 Å². The second kappa shape index (κ2) is 3.17. The summed E-state index contributed by atoms with van der Waals surface area (Å²) in [5.74, 6) is -0.364. The highest BCUT2D eigenvalue weighted by molar-refractivity contribution is 5.76. The quantitative estimate of drug-likeness (QED) is 0.666. The number of ether oxygens (including phenoxy) is 1. The maximum absolute atomic E-state index is 13.3. The third-order valence-corrected chi connectivity index (χ3v) is 1.94. The van der Waals surface area contributed by atoms with Gasteiger partial charge in [-0.2, -0.15) is 0 Å². The fourth-order valence-corrected chi connectivity index (χ4v) is 1.08. The fourth-order valence-electron chi connectivity index (χ4n) is 1.08. The Morgan fingerprint density at radius 3 is 2.85 bits per heavy atom. The first-order chi connectivity index (χ1) is 6.31. The molecule has 0 amide bonds. The number of benzene rings is 1. The summed E-state index contributed by atoms with van der Waals surface area (Å²) in [5, 5.41) is 0. The van der Waals surface area contributed by atoms with Gasteiger partial charge < -0.3 is 4.74 Å². The first kappa shape index (κ1) is 8.23. The van der Waals surface area contributed by atoms with Crippen LogP contribution in [0.2, 0.25) is 0 Å². The molecule has 0 atom stereocenters. The predicted octanol–water partition coefficient (Wildman–Crippen LogP) is 2.18. The Balaban J connectivity index is 2.27. The predicted molar refractivity (Wildman–Crippen MR) is 45.4 cm³/mol. The smallest absolute Gasteiger partial charge is 0.175 e. The molecule has 0 saturated heterocycles. The second-order valence-electron chi connectivity index (χ2n) is 3.09. The molecular formula is C10H9FO2. The molecule has 1 aliphatic rings. The van der Waals surface area contributed by atoms with Crippen LogP contribution in [0.5, 0.6) is 5.75 Å². The molecule has 13 heavy (non-hydrogen) atoms. The first-order valence-corrected chi connectivity index (χ1v) is 4.21. The van der Waals surface area contributed by atoms with Crippen LogP contribution in [-0.2, 0) is 0 Å². The van der Waals surface area contributed by atoms with E-state index in [1.54, 1.807) is 12.1 Å². The molecule has 0 bridgehead atoms. The van der Waals surface area contributed by atoms with E-state index >= 15 is 0 Å². The minimum atomic E-state index is -0.551. The Kier molecular flexibility index (Phi) is 2.00. The maximum Gasteiger partial charge on any atom is 0.175 e. The molecule has 1 aliphatic carbocycles. The molecule has 1 aromatic carbocycles. The Labute approximate surface area is 75.3 Å². The third kappa shape index (κ3) is 1.69. The van der Waals surface area contributed by atoms with Crippen LogP contribution in [0.25, 0.3) is 0 Å². The molecule has 2 rings (SSSR count). The number of halogens is 1. The molecule has 0 aliphatic heterocycles. The van der Waals surface area contributed by atoms with Crippen molar-refractivity contribution in [1.82, 2.24) is 0 Å². The lowest BCUT2D eigenvalue weighted by molar-refractivity contribution is 0.111. The summed E-state index contributed by atoms with van der Waals surface area (Å²) < 4.78 is 18.6. The number of hydrogen-bond donors (Lipinski definition) is 0. The summed E-state index contributed by atoms with van der Waals surface area (Å²) in [6.07, 6.45) is 2.60. The van der Waals surface area contributed by atoms with Crippen LogP contribution in [0.1, 0.15) is 23.2 Å². The molecule has 1 saturated carbocycles. The van der Waals surface area contributed by atoms with Crippen LogP contribution in [-0.4, -0.2) is 12.4 Å². The number of carbonyl (C=O) groups excluding carboxylic acids is 1. The van der Waals surface area contributed by atoms with Crippen molar-refractivity contribution < 1.29 is 13.9 Å². The van der Waals surface area contributed by atoms with Crippen molar-refractivity contribution in [2.45, 2.75) is 18.9 Å². The van der Waals surface area contributed by atoms with Gasteiger partial charge in [0.2, 0.25) is 0 Å². The van der Waals surface area contributed by atoms with E-state index in [0.29, 0.717) is 6.29 Å². The molecule has 0 heterocycles. The lowest BCUT2D eigenvalue weighted by Gasteiger charge is -2.05. The summed E-state index contributed by atoms with van der Waals surface area (Å²) in [6.45, 7) is 0. The monoisotopic (exact) mass is 180 g/mol. The van der Waals surface area contributed by atoms with Crippen LogP contribution in [0.3, 0.4) is 0 Å². The number of rotatable bonds is 3. The maximum atomic E-state index is 13.3. The number of hydrogen-bond acceptors (Lipinski definition) is 2. The Hall–Kier alpha value is -1.38. The molecule has 0 unspecified atom stereocenters. The summed E-state index contributed by atoms with van der Waals surface area (Å²) in [7, 11) is 0. The van der Waals surface area contributed by atoms with E-state index in [-0.39, 0.29) is 17.4 Å². The summed E-state index contributed by atoms with van der Waals surface area (Å²) >= 11 is 0. The molecule has 2 nitrogen and oxygen atoms in total. The van der Waals surface area contributed by atoms with Crippen molar-refractivity contribution >= 4 is 6.29 Å². The number of carbonyl (C=O) groups is 1. The van der Waals surface area contributed by atoms with Crippen molar-refractivity contribution in [3.8, 4) is 5.75 Å². The van der Waals surface area contributed by atoms with Gasteiger partial charge in [0.1, 0.15) is 0 Å². The minimum absolute atomic E-state index is 0.0538. The first-order valence-electron chi connectivity index (χ1n) is 4.21. The van der Waals surface area contributed by atoms with Gasteiger partial charge >= 0.3 is 0 Å². The molecule has 1 fully saturated rings. The summed E-state index contributed by atoms with van der Waals surface area (Å²) in [4.78, 5) is 10.4. The molecule has 3 heteroatoms. The zero-order valence-electron chi connectivity index (χ0n) is 7.00. The Morgan fingerprint density at radius 1 is 1.46 bits per heavy atom. The van der Waals surface area contributed by atoms with Gasteiger partial charge in [-0.1, -0.05) is 6.07 Å². The van der Waals surface area contributed by atoms with Gasteiger partial charge in [0.25, 0.3) is 0 Å². The zero-order chi connectivity index (χ0) is 9.26. The molecule has 0 N–H and O–H groups in total. The third-order valence-electron chi connectivity index (χ3n) is 1.94. The standard InChI is InChI=1S/C10H9FO2/c11-10-7(6-12)2-1-3-9(10)13-8-4-5-8/h1-3,6,8H,4-5H2. The van der Waals surface area contributed by atoms with E-state index < -0.39 is 5.82 Å². The Morgan fingerprint density at radius 2 is 2.23 bits per heavy atom. The lowest BCUT2D eigenvalue weighted by atomic mass is 10.2. The average Bonchev–Trinajstić information content (AvgIpc) is 2.92. The molecule has 68 valence electrons. The topological polar surface area (TPSA) is 26.3 Å². The van der Waals surface area contributed by atoms with Crippen molar-refractivity contribution in [2.75, 3.05) is 0 Å². The van der Waals surface area contributed by atoms with Crippen molar-refractivity contribution in [1.29, 1.82) is 0 Å². The highest BCUT2D eigenvalue weighted by Gasteiger charge is 2.25. The normalized spacial score (nSPS) is 15.5. The summed E-state index contributed by atoms with van der Waals surface area (Å²) in [5.41, 5.74) is 0.0538. The molecule has 1 aromatic rings. The fraction of sp³-hybridized carbons (Fsp3) is 0.300. The van der Waals surface area contributed by atoms with E-state index in [4.69, 9.17) is 4.74 Å². The lowest BCUT2D eigenvalue weighted by Crippen LogP contribution is -2.00. The van der Waals surface area contributed by atoms with Crippen LogP contribution < -0.4 is 4.74 Å². The van der Waals surface area contributed by atoms with Crippen LogP contribution >= 0.6 is 0 Å². The highest BCUT2D eigenvalue weighted by Crippen LogP contribution is 2.29. The van der Waals surface area contributed by atoms with Crippen LogP contribution in [0.4, 0.5) is 4.39 Å². The van der Waals surface area contributed by atoms with Crippen molar-refractivity contribution in [3.63, 3.8) is 0 Å². The Bertz CT molecular complexity index is 332. The van der Waals surface area contributed by atoms with Gasteiger partial charge in [0, 0.05) is 0 Å². The number of aldehydes is 1. The van der Waals surface area contributed by atoms with Gasteiger partial charge in [-0.15, -0.1) is 0 Å². The van der Waals surface area contributed by atoms with Crippen LogP contribution in [0.15, 0.2) is 18.2 Å². The van der Waals surface area contributed by atoms with Gasteiger partial charge in [-0.3, -0.25) is 4.79 Å². The average molecular weight is 180 g/mol. The molecular weight excluding hydrogens is 171 g/mol. The largest absolute Gasteiger partial charge is 0.487 e. The molecule has 0 spiro atoms. The van der Waals surface area contributed by atoms with E-state index in [1.807, 2.05) is 0 Å². The second-order valence-corrected chi connectivity index (χ2v) is 3.09. The highest BCUT2D eigenvalue weighted by atomic mass is 19.1. The van der Waals surface area contributed by atoms with E-state index in [0.717, 1.165) is 12.8 Å². The van der Waals surface area contributed by atoms with E-state index in [2.05, 4.69) is 0 Å². The minimum Gasteiger partial charge on any atom is -0.487 e. The van der Waals surface area contributed by atoms with E-state index in [1.165, 1.54) is 6.07 Å². The van der Waals surface area contributed by atoms with Crippen molar-refractivity contribution in [3.05, 3.63) is 29.6 Å². The van der Waals surface area contributed by atoms with Gasteiger partial charge in [-0.25, -0.2) is 4.39 Å². The van der Waals surface area contributed by atoms with Gasteiger partial charge in [0.15, 0.2) is 17.9 Å². The molecule has 0 aromatic heterocycles. The van der Waals surface area contributed by atoms with Gasteiger partial charge in [0.05, 0.1) is 11.7 Å². The van der Waals surface area contributed by atoms with Crippen molar-refractivity contribution in [2.24, 2.45) is 0 Å². The summed E-state index contributed by atoms with van der Waals surface area (Å²) in [6, 6.07) is 4.59. The molecule has 0 radical (unpaired) electrons. The zero-order valence-corrected chi connectivity index (χ0v) is 7.00. The van der Waals surface area contributed by atoms with Crippen LogP contribution in [0, 0.1) is 5.82 Å². The SMILES string of the molecule is O=Cc1cccc(OC2CC2)c1F.